The second-order valence-electron chi connectivity index (χ2n) is 4.18. The molecule has 0 aliphatic carbocycles. The van der Waals surface area contributed by atoms with Crippen molar-refractivity contribution in [1.82, 2.24) is 10.2 Å². The summed E-state index contributed by atoms with van der Waals surface area (Å²) in [4.78, 5) is 0. The van der Waals surface area contributed by atoms with E-state index in [1.807, 2.05) is 32.2 Å². The average Bonchev–Trinajstić information content (AvgIpc) is 2.79. The number of H-pyrrole nitrogens is 1. The zero-order chi connectivity index (χ0) is 12.5. The van der Waals surface area contributed by atoms with Gasteiger partial charge in [-0.25, -0.2) is 0 Å². The number of rotatable bonds is 2. The van der Waals surface area contributed by atoms with Gasteiger partial charge >= 0.3 is 0 Å². The summed E-state index contributed by atoms with van der Waals surface area (Å²) in [5.41, 5.74) is 3.92. The van der Waals surface area contributed by atoms with Crippen molar-refractivity contribution >= 4 is 5.69 Å². The van der Waals surface area contributed by atoms with E-state index in [0.29, 0.717) is 13.2 Å². The van der Waals surface area contributed by atoms with E-state index in [2.05, 4.69) is 15.5 Å². The second kappa shape index (κ2) is 4.25. The first-order valence-electron chi connectivity index (χ1n) is 5.92. The number of hydrogen-bond acceptors (Lipinski definition) is 4. The molecule has 94 valence electrons. The van der Waals surface area contributed by atoms with E-state index >= 15 is 0 Å². The van der Waals surface area contributed by atoms with E-state index < -0.39 is 0 Å². The van der Waals surface area contributed by atoms with Crippen molar-refractivity contribution in [2.45, 2.75) is 6.92 Å². The van der Waals surface area contributed by atoms with Crippen molar-refractivity contribution in [2.24, 2.45) is 0 Å². The molecule has 0 atom stereocenters. The van der Waals surface area contributed by atoms with Gasteiger partial charge in [-0.1, -0.05) is 0 Å². The third kappa shape index (κ3) is 1.68. The summed E-state index contributed by atoms with van der Waals surface area (Å²) >= 11 is 0. The molecule has 1 aromatic carbocycles. The molecule has 0 fully saturated rings. The van der Waals surface area contributed by atoms with E-state index in [9.17, 15) is 0 Å². The molecule has 1 aromatic heterocycles. The lowest BCUT2D eigenvalue weighted by atomic mass is 10.1. The van der Waals surface area contributed by atoms with E-state index in [-0.39, 0.29) is 0 Å². The van der Waals surface area contributed by atoms with Crippen LogP contribution in [0.2, 0.25) is 0 Å². The second-order valence-corrected chi connectivity index (χ2v) is 4.18. The van der Waals surface area contributed by atoms with Crippen LogP contribution in [-0.4, -0.2) is 30.5 Å². The number of ether oxygens (including phenoxy) is 2. The van der Waals surface area contributed by atoms with Gasteiger partial charge in [0.1, 0.15) is 18.9 Å². The number of aryl methyl sites for hydroxylation is 1. The summed E-state index contributed by atoms with van der Waals surface area (Å²) in [6.07, 6.45) is 0. The van der Waals surface area contributed by atoms with E-state index in [0.717, 1.165) is 34.1 Å². The van der Waals surface area contributed by atoms with E-state index in [4.69, 9.17) is 9.47 Å². The van der Waals surface area contributed by atoms with Gasteiger partial charge in [0.15, 0.2) is 11.5 Å². The van der Waals surface area contributed by atoms with Gasteiger partial charge in [-0.15, -0.1) is 0 Å². The lowest BCUT2D eigenvalue weighted by Gasteiger charge is -2.18. The zero-order valence-electron chi connectivity index (χ0n) is 10.4. The van der Waals surface area contributed by atoms with Gasteiger partial charge in [-0.05, 0) is 25.1 Å². The Hall–Kier alpha value is -2.17. The molecule has 0 radical (unpaired) electrons. The van der Waals surface area contributed by atoms with E-state index in [1.165, 1.54) is 0 Å². The zero-order valence-corrected chi connectivity index (χ0v) is 10.4. The summed E-state index contributed by atoms with van der Waals surface area (Å²) in [6.45, 7) is 3.19. The Balaban J connectivity index is 2.06. The van der Waals surface area contributed by atoms with Crippen LogP contribution in [0.5, 0.6) is 11.5 Å². The van der Waals surface area contributed by atoms with Gasteiger partial charge in [-0.3, -0.25) is 5.10 Å². The van der Waals surface area contributed by atoms with Gasteiger partial charge in [0.05, 0.1) is 11.4 Å². The van der Waals surface area contributed by atoms with Crippen LogP contribution in [0.15, 0.2) is 18.2 Å². The highest BCUT2D eigenvalue weighted by Gasteiger charge is 2.16. The van der Waals surface area contributed by atoms with Gasteiger partial charge in [-0.2, -0.15) is 5.10 Å². The fourth-order valence-corrected chi connectivity index (χ4v) is 2.13. The normalized spacial score (nSPS) is 13.4. The van der Waals surface area contributed by atoms with Crippen molar-refractivity contribution < 1.29 is 9.47 Å². The average molecular weight is 245 g/mol. The van der Waals surface area contributed by atoms with Gasteiger partial charge < -0.3 is 14.8 Å². The van der Waals surface area contributed by atoms with Crippen molar-refractivity contribution in [1.29, 1.82) is 0 Å². The highest BCUT2D eigenvalue weighted by molar-refractivity contribution is 5.77. The predicted octanol–water partition coefficient (Wildman–Crippen LogP) is 2.20. The molecule has 0 spiro atoms. The molecule has 5 nitrogen and oxygen atoms in total. The van der Waals surface area contributed by atoms with Crippen LogP contribution in [0.1, 0.15) is 5.69 Å². The molecule has 0 saturated carbocycles. The minimum atomic E-state index is 0.592. The van der Waals surface area contributed by atoms with Crippen LogP contribution in [0.25, 0.3) is 11.3 Å². The topological polar surface area (TPSA) is 59.2 Å². The minimum Gasteiger partial charge on any atom is -0.486 e. The van der Waals surface area contributed by atoms with Crippen LogP contribution < -0.4 is 14.8 Å². The lowest BCUT2D eigenvalue weighted by molar-refractivity contribution is 0.171. The molecule has 1 aliphatic heterocycles. The molecule has 0 unspecified atom stereocenters. The van der Waals surface area contributed by atoms with Crippen LogP contribution in [0, 0.1) is 6.92 Å². The molecular formula is C13H15N3O2. The number of fused-ring (bicyclic) bond motifs is 1. The number of aromatic amines is 1. The smallest absolute Gasteiger partial charge is 0.162 e. The van der Waals surface area contributed by atoms with E-state index in [1.54, 1.807) is 0 Å². The molecule has 5 heteroatoms. The molecule has 1 aliphatic rings. The largest absolute Gasteiger partial charge is 0.486 e. The Morgan fingerprint density at radius 1 is 1.22 bits per heavy atom. The fourth-order valence-electron chi connectivity index (χ4n) is 2.13. The molecular weight excluding hydrogens is 230 g/mol. The number of aromatic nitrogens is 2. The maximum absolute atomic E-state index is 5.58. The third-order valence-electron chi connectivity index (χ3n) is 3.01. The number of anilines is 1. The fraction of sp³-hybridized carbons (Fsp3) is 0.308. The van der Waals surface area contributed by atoms with Crippen molar-refractivity contribution in [3.63, 3.8) is 0 Å². The molecule has 0 amide bonds. The standard InChI is InChI=1S/C13H15N3O2/c1-8-12(14-2)13(16-15-8)9-3-4-10-11(7-9)18-6-5-17-10/h3-4,7,14H,5-6H2,1-2H3,(H,15,16). The molecule has 0 saturated heterocycles. The molecule has 18 heavy (non-hydrogen) atoms. The van der Waals surface area contributed by atoms with Crippen molar-refractivity contribution in [2.75, 3.05) is 25.6 Å². The number of benzene rings is 1. The summed E-state index contributed by atoms with van der Waals surface area (Å²) in [5.74, 6) is 1.57. The van der Waals surface area contributed by atoms with Crippen LogP contribution in [0.3, 0.4) is 0 Å². The number of nitrogens with one attached hydrogen (secondary N) is 2. The number of nitrogens with zero attached hydrogens (tertiary/aromatic N) is 1. The Morgan fingerprint density at radius 2 is 2.00 bits per heavy atom. The van der Waals surface area contributed by atoms with Crippen molar-refractivity contribution in [3.05, 3.63) is 23.9 Å². The maximum Gasteiger partial charge on any atom is 0.162 e. The highest BCUT2D eigenvalue weighted by Crippen LogP contribution is 2.36. The predicted molar refractivity (Wildman–Crippen MR) is 69.3 cm³/mol. The van der Waals surface area contributed by atoms with Gasteiger partial charge in [0, 0.05) is 12.6 Å². The van der Waals surface area contributed by atoms with Crippen molar-refractivity contribution in [3.8, 4) is 22.8 Å². The first-order chi connectivity index (χ1) is 8.79. The maximum atomic E-state index is 5.58. The summed E-state index contributed by atoms with van der Waals surface area (Å²) in [7, 11) is 1.89. The summed E-state index contributed by atoms with van der Waals surface area (Å²) in [6, 6.07) is 5.88. The van der Waals surface area contributed by atoms with Crippen LogP contribution in [0.4, 0.5) is 5.69 Å². The SMILES string of the molecule is CNc1c(-c2ccc3c(c2)OCCO3)n[nH]c1C. The van der Waals surface area contributed by atoms with Crippen LogP contribution >= 0.6 is 0 Å². The molecule has 2 aromatic rings. The van der Waals surface area contributed by atoms with Crippen LogP contribution in [-0.2, 0) is 0 Å². The number of hydrogen-bond donors (Lipinski definition) is 2. The minimum absolute atomic E-state index is 0.592. The Labute approximate surface area is 105 Å². The molecule has 2 heterocycles. The quantitative estimate of drug-likeness (QED) is 0.851. The lowest BCUT2D eigenvalue weighted by Crippen LogP contribution is -2.15. The summed E-state index contributed by atoms with van der Waals surface area (Å²) < 4.78 is 11.1. The summed E-state index contributed by atoms with van der Waals surface area (Å²) in [5, 5.41) is 10.5. The molecule has 3 rings (SSSR count). The Kier molecular flexibility index (Phi) is 2.59. The van der Waals surface area contributed by atoms with Gasteiger partial charge in [0.2, 0.25) is 0 Å². The molecule has 0 bridgehead atoms. The Bertz CT molecular complexity index is 578. The molecule has 2 N–H and O–H groups in total. The third-order valence-corrected chi connectivity index (χ3v) is 3.01. The monoisotopic (exact) mass is 245 g/mol. The first-order valence-corrected chi connectivity index (χ1v) is 5.92. The highest BCUT2D eigenvalue weighted by atomic mass is 16.6. The first kappa shape index (κ1) is 11.0. The Morgan fingerprint density at radius 3 is 2.78 bits per heavy atom. The van der Waals surface area contributed by atoms with Gasteiger partial charge in [0.25, 0.3) is 0 Å².